The molecule has 2 aliphatic rings. The van der Waals surface area contributed by atoms with Gasteiger partial charge in [0.2, 0.25) is 0 Å². The summed E-state index contributed by atoms with van der Waals surface area (Å²) in [6.07, 6.45) is 0. The number of hydrogen-bond acceptors (Lipinski definition) is 11. The molecule has 4 aromatic rings. The summed E-state index contributed by atoms with van der Waals surface area (Å²) in [7, 11) is 4.34. The van der Waals surface area contributed by atoms with Gasteiger partial charge < -0.3 is 22.3 Å². The predicted molar refractivity (Wildman–Crippen MR) is 207 cm³/mol. The average molecular weight is 1020 g/mol. The third-order valence-corrected chi connectivity index (χ3v) is 9.79. The van der Waals surface area contributed by atoms with E-state index in [9.17, 15) is 9.59 Å². The first-order valence-electron chi connectivity index (χ1n) is 12.9. The third-order valence-electron chi connectivity index (χ3n) is 6.19. The monoisotopic (exact) mass is 1020 g/mol. The van der Waals surface area contributed by atoms with Gasteiger partial charge in [-0.1, -0.05) is 48.0 Å². The number of furan rings is 1. The van der Waals surface area contributed by atoms with Crippen molar-refractivity contribution in [2.45, 2.75) is 40.8 Å². The van der Waals surface area contributed by atoms with Crippen molar-refractivity contribution in [3.8, 4) is 11.5 Å². The molecule has 0 N–H and O–H groups in total. The number of benzene rings is 3. The van der Waals surface area contributed by atoms with Crippen molar-refractivity contribution < 1.29 is 31.8 Å². The summed E-state index contributed by atoms with van der Waals surface area (Å²) in [4.78, 5) is 23.1. The SMILES string of the molecule is CC1COc2ccc(SOC(=O)I)cc21.CC1COc2ccccc21.O=C(I)OSc1ccc2oc(Br)c(CBr)c2c1.[B]=NS. The normalized spacial score (nSPS) is 15.2. The van der Waals surface area contributed by atoms with Crippen LogP contribution in [0.5, 0.6) is 11.5 Å². The summed E-state index contributed by atoms with van der Waals surface area (Å²) >= 11 is 15.3. The summed E-state index contributed by atoms with van der Waals surface area (Å²) in [5.74, 6) is 3.00. The third kappa shape index (κ3) is 11.9. The van der Waals surface area contributed by atoms with E-state index < -0.39 is 0 Å². The average Bonchev–Trinajstić information content (AvgIpc) is 3.69. The van der Waals surface area contributed by atoms with Crippen LogP contribution < -0.4 is 9.47 Å². The van der Waals surface area contributed by atoms with Crippen molar-refractivity contribution in [2.24, 2.45) is 4.30 Å². The molecule has 6 rings (SSSR count). The van der Waals surface area contributed by atoms with Gasteiger partial charge >= 0.3 is 32.7 Å². The Hall–Kier alpha value is -0.925. The van der Waals surface area contributed by atoms with Gasteiger partial charge in [-0.3, -0.25) is 0 Å². The van der Waals surface area contributed by atoms with Gasteiger partial charge in [-0.15, -0.1) is 0 Å². The Balaban J connectivity index is 0.000000181. The van der Waals surface area contributed by atoms with Gasteiger partial charge in [0, 0.05) is 49.0 Å². The van der Waals surface area contributed by atoms with Crippen LogP contribution in [0.1, 0.15) is 42.4 Å². The Morgan fingerprint density at radius 1 is 0.933 bits per heavy atom. The molecule has 1 aromatic heterocycles. The molecule has 2 aliphatic heterocycles. The van der Waals surface area contributed by atoms with Gasteiger partial charge in [0.1, 0.15) is 17.1 Å². The number of hydrogen-bond donors (Lipinski definition) is 1. The summed E-state index contributed by atoms with van der Waals surface area (Å²) in [5, 5.41) is 1.70. The molecule has 237 valence electrons. The summed E-state index contributed by atoms with van der Waals surface area (Å²) in [5.41, 5.74) is 4.38. The maximum absolute atomic E-state index is 10.7. The van der Waals surface area contributed by atoms with E-state index >= 15 is 0 Å². The number of carbonyl (C=O) groups excluding carboxylic acids is 2. The second-order valence-corrected chi connectivity index (χ2v) is 14.1. The van der Waals surface area contributed by atoms with Gasteiger partial charge in [0.25, 0.3) is 0 Å². The van der Waals surface area contributed by atoms with Crippen LogP contribution in [-0.2, 0) is 13.7 Å². The quantitative estimate of drug-likeness (QED) is 0.0523. The van der Waals surface area contributed by atoms with Crippen LogP contribution in [0.3, 0.4) is 0 Å². The molecular weight excluding hydrogens is 995 g/mol. The Labute approximate surface area is 320 Å². The Morgan fingerprint density at radius 2 is 1.47 bits per heavy atom. The zero-order chi connectivity index (χ0) is 32.9. The van der Waals surface area contributed by atoms with Crippen LogP contribution >= 0.6 is 114 Å². The van der Waals surface area contributed by atoms with Crippen molar-refractivity contribution in [1.82, 2.24) is 0 Å². The van der Waals surface area contributed by atoms with Gasteiger partial charge in [0.05, 0.1) is 82.5 Å². The number of nitrogens with zero attached hydrogens (tertiary/aromatic N) is 1. The molecule has 0 saturated heterocycles. The Kier molecular flexibility index (Phi) is 16.9. The number of alkyl halides is 1. The molecule has 0 saturated carbocycles. The second kappa shape index (κ2) is 19.8. The standard InChI is InChI=1S/C10H5Br2IO3S.C10H9IO3S.C9H10O.BHNS/c11-4-7-6-3-5(17-16-10(13)14)1-2-8(6)15-9(7)12;1-6-5-13-9-3-2-7(4-8(6)9)15-14-10(11)12;1-7-6-10-9-5-3-2-4-8(7)9;1-2-3/h1-3H,4H2;2-4,6H,5H2,1H3;2-5,7H,6H2,1H3;3H. The molecule has 0 spiro atoms. The molecule has 8 nitrogen and oxygen atoms in total. The number of para-hydroxylation sites is 1. The number of carbonyl (C=O) groups is 2. The van der Waals surface area contributed by atoms with E-state index in [0.717, 1.165) is 79.8 Å². The summed E-state index contributed by atoms with van der Waals surface area (Å²) < 4.78 is 28.9. The number of rotatable bonds is 5. The molecule has 3 aromatic carbocycles. The van der Waals surface area contributed by atoms with E-state index in [1.165, 1.54) is 11.1 Å². The Bertz CT molecular complexity index is 1630. The molecule has 16 heteroatoms. The molecule has 2 unspecified atom stereocenters. The molecule has 0 bridgehead atoms. The van der Waals surface area contributed by atoms with E-state index in [4.69, 9.17) is 22.3 Å². The van der Waals surface area contributed by atoms with Gasteiger partial charge in [-0.2, -0.15) is 0 Å². The van der Waals surface area contributed by atoms with Gasteiger partial charge in [-0.05, 0) is 58.4 Å². The predicted octanol–water partition coefficient (Wildman–Crippen LogP) is 11.8. The summed E-state index contributed by atoms with van der Waals surface area (Å²) in [6.45, 7) is 5.88. The van der Waals surface area contributed by atoms with E-state index in [0.29, 0.717) is 17.2 Å². The van der Waals surface area contributed by atoms with Crippen molar-refractivity contribution in [2.75, 3.05) is 13.2 Å². The fourth-order valence-electron chi connectivity index (χ4n) is 4.16. The van der Waals surface area contributed by atoms with Crippen molar-refractivity contribution in [3.63, 3.8) is 0 Å². The fraction of sp³-hybridized carbons (Fsp3) is 0.241. The molecular formula is C29H25BBr2I2NO7S3. The van der Waals surface area contributed by atoms with Crippen LogP contribution in [-0.4, -0.2) is 28.8 Å². The fourth-order valence-corrected chi connectivity index (χ4v) is 7.07. The zero-order valence-corrected chi connectivity index (χ0v) is 33.7. The van der Waals surface area contributed by atoms with Crippen LogP contribution in [0, 0.1) is 0 Å². The number of thiol groups is 1. The number of fused-ring (bicyclic) bond motifs is 3. The van der Waals surface area contributed by atoms with Crippen LogP contribution in [0.2, 0.25) is 0 Å². The first-order chi connectivity index (χ1) is 21.6. The van der Waals surface area contributed by atoms with E-state index in [-0.39, 0.29) is 7.95 Å². The molecule has 45 heavy (non-hydrogen) atoms. The summed E-state index contributed by atoms with van der Waals surface area (Å²) in [6, 6.07) is 19.7. The van der Waals surface area contributed by atoms with Crippen molar-refractivity contribution in [3.05, 3.63) is 82.0 Å². The van der Waals surface area contributed by atoms with Gasteiger partial charge in [0.15, 0.2) is 4.67 Å². The minimum absolute atomic E-state index is 0.317. The molecule has 0 aliphatic carbocycles. The Morgan fingerprint density at radius 3 is 2.04 bits per heavy atom. The van der Waals surface area contributed by atoms with E-state index in [1.54, 1.807) is 45.2 Å². The molecule has 0 amide bonds. The first-order valence-corrected chi connectivity index (χ1v) is 18.9. The van der Waals surface area contributed by atoms with Crippen LogP contribution in [0.25, 0.3) is 11.0 Å². The topological polar surface area (TPSA) is 96.6 Å². The number of ether oxygens (including phenoxy) is 2. The van der Waals surface area contributed by atoms with Gasteiger partial charge in [-0.25, -0.2) is 9.59 Å². The van der Waals surface area contributed by atoms with Crippen LogP contribution in [0.15, 0.2) is 83.8 Å². The van der Waals surface area contributed by atoms with E-state index in [2.05, 4.69) is 82.6 Å². The van der Waals surface area contributed by atoms with Crippen molar-refractivity contribution in [1.29, 1.82) is 0 Å². The molecule has 0 fully saturated rings. The maximum atomic E-state index is 10.7. The van der Waals surface area contributed by atoms with E-state index in [1.807, 2.05) is 48.5 Å². The molecule has 3 heterocycles. The molecule has 2 atom stereocenters. The number of halogens is 4. The molecule has 1 radical (unpaired) electrons. The zero-order valence-electron chi connectivity index (χ0n) is 23.7. The van der Waals surface area contributed by atoms with Crippen LogP contribution in [0.4, 0.5) is 9.59 Å². The second-order valence-electron chi connectivity index (χ2n) is 9.23. The minimum atomic E-state index is -0.346. The van der Waals surface area contributed by atoms with Crippen molar-refractivity contribution >= 4 is 141 Å². The first kappa shape index (κ1) is 38.5.